The lowest BCUT2D eigenvalue weighted by molar-refractivity contribution is -0.137. The minimum Gasteiger partial charge on any atom is -0.394 e. The van der Waals surface area contributed by atoms with E-state index in [4.69, 9.17) is 21.9 Å². The number of alkyl halides is 3. The highest BCUT2D eigenvalue weighted by molar-refractivity contribution is 6.33. The van der Waals surface area contributed by atoms with E-state index in [9.17, 15) is 13.2 Å². The van der Waals surface area contributed by atoms with E-state index in [1.165, 1.54) is 12.1 Å². The topological polar surface area (TPSA) is 52.0 Å². The van der Waals surface area contributed by atoms with Crippen LogP contribution in [0.4, 0.5) is 18.9 Å². The van der Waals surface area contributed by atoms with Crippen molar-refractivity contribution >= 4 is 17.3 Å². The van der Waals surface area contributed by atoms with Gasteiger partial charge in [-0.1, -0.05) is 22.8 Å². The number of rotatable bonds is 1. The summed E-state index contributed by atoms with van der Waals surface area (Å²) in [4.78, 5) is 0. The Hall–Kier alpha value is -1.69. The molecule has 0 saturated carbocycles. The summed E-state index contributed by atoms with van der Waals surface area (Å²) in [5, 5.41) is 3.24. The third-order valence-electron chi connectivity index (χ3n) is 2.14. The fourth-order valence-electron chi connectivity index (χ4n) is 1.43. The SMILES string of the molecule is Nc1cnoc1-c1c(Cl)cccc1C(F)(F)F. The van der Waals surface area contributed by atoms with Gasteiger partial charge in [0.2, 0.25) is 0 Å². The number of aromatic nitrogens is 1. The number of anilines is 1. The molecule has 0 aliphatic rings. The molecule has 0 aliphatic heterocycles. The predicted molar refractivity (Wildman–Crippen MR) is 56.4 cm³/mol. The molecule has 0 saturated heterocycles. The van der Waals surface area contributed by atoms with E-state index in [0.29, 0.717) is 0 Å². The van der Waals surface area contributed by atoms with Crippen molar-refractivity contribution in [3.8, 4) is 11.3 Å². The smallest absolute Gasteiger partial charge is 0.394 e. The summed E-state index contributed by atoms with van der Waals surface area (Å²) < 4.78 is 43.1. The molecule has 1 aromatic carbocycles. The summed E-state index contributed by atoms with van der Waals surface area (Å²) in [7, 11) is 0. The van der Waals surface area contributed by atoms with Crippen LogP contribution in [0, 0.1) is 0 Å². The molecular formula is C10H6ClF3N2O. The lowest BCUT2D eigenvalue weighted by atomic mass is 10.0. The van der Waals surface area contributed by atoms with Crippen molar-refractivity contribution in [2.45, 2.75) is 6.18 Å². The van der Waals surface area contributed by atoms with E-state index in [1.54, 1.807) is 0 Å². The van der Waals surface area contributed by atoms with Crippen molar-refractivity contribution < 1.29 is 17.7 Å². The molecule has 2 N–H and O–H groups in total. The normalized spacial score (nSPS) is 11.8. The molecule has 0 bridgehead atoms. The molecule has 0 spiro atoms. The Morgan fingerprint density at radius 2 is 2.00 bits per heavy atom. The Balaban J connectivity index is 2.73. The van der Waals surface area contributed by atoms with E-state index in [-0.39, 0.29) is 22.0 Å². The molecule has 3 nitrogen and oxygen atoms in total. The molecule has 0 unspecified atom stereocenters. The first-order valence-electron chi connectivity index (χ1n) is 4.47. The average Bonchev–Trinajstić information content (AvgIpc) is 2.62. The maximum absolute atomic E-state index is 12.8. The first-order valence-corrected chi connectivity index (χ1v) is 4.85. The Bertz CT molecular complexity index is 551. The third kappa shape index (κ3) is 2.08. The Labute approximate surface area is 99.0 Å². The molecule has 0 aliphatic carbocycles. The summed E-state index contributed by atoms with van der Waals surface area (Å²) in [6, 6.07) is 3.44. The standard InChI is InChI=1S/C10H6ClF3N2O/c11-6-3-1-2-5(10(12,13)14)8(6)9-7(15)4-16-17-9/h1-4H,15H2. The van der Waals surface area contributed by atoms with Crippen LogP contribution in [0.3, 0.4) is 0 Å². The van der Waals surface area contributed by atoms with Crippen molar-refractivity contribution in [3.63, 3.8) is 0 Å². The lowest BCUT2D eigenvalue weighted by Gasteiger charge is -2.12. The molecule has 1 aromatic heterocycles. The summed E-state index contributed by atoms with van der Waals surface area (Å²) in [6.07, 6.45) is -3.42. The van der Waals surface area contributed by atoms with Crippen molar-refractivity contribution in [2.24, 2.45) is 0 Å². The van der Waals surface area contributed by atoms with E-state index in [0.717, 1.165) is 12.3 Å². The molecule has 0 radical (unpaired) electrons. The zero-order valence-corrected chi connectivity index (χ0v) is 9.01. The number of benzene rings is 1. The van der Waals surface area contributed by atoms with Gasteiger partial charge in [-0.25, -0.2) is 0 Å². The molecule has 0 fully saturated rings. The Morgan fingerprint density at radius 1 is 1.29 bits per heavy atom. The van der Waals surface area contributed by atoms with Gasteiger partial charge in [0, 0.05) is 0 Å². The third-order valence-corrected chi connectivity index (χ3v) is 2.46. The molecule has 7 heteroatoms. The lowest BCUT2D eigenvalue weighted by Crippen LogP contribution is -2.07. The van der Waals surface area contributed by atoms with Gasteiger partial charge >= 0.3 is 6.18 Å². The average molecular weight is 263 g/mol. The van der Waals surface area contributed by atoms with Crippen molar-refractivity contribution in [3.05, 3.63) is 35.0 Å². The quantitative estimate of drug-likeness (QED) is 0.854. The van der Waals surface area contributed by atoms with Crippen LogP contribution in [0.2, 0.25) is 5.02 Å². The molecule has 2 aromatic rings. The van der Waals surface area contributed by atoms with Crippen LogP contribution in [0.25, 0.3) is 11.3 Å². The van der Waals surface area contributed by atoms with Crippen molar-refractivity contribution in [1.29, 1.82) is 0 Å². The number of nitrogen functional groups attached to an aromatic ring is 1. The second kappa shape index (κ2) is 3.96. The minimum absolute atomic E-state index is 0.00333. The number of hydrogen-bond acceptors (Lipinski definition) is 3. The first-order chi connectivity index (χ1) is 7.91. The zero-order valence-electron chi connectivity index (χ0n) is 8.25. The van der Waals surface area contributed by atoms with Gasteiger partial charge in [0.05, 0.1) is 22.3 Å². The Morgan fingerprint density at radius 3 is 2.53 bits per heavy atom. The van der Waals surface area contributed by atoms with Gasteiger partial charge < -0.3 is 10.3 Å². The fourth-order valence-corrected chi connectivity index (χ4v) is 1.69. The predicted octanol–water partition coefficient (Wildman–Crippen LogP) is 3.60. The molecule has 17 heavy (non-hydrogen) atoms. The van der Waals surface area contributed by atoms with E-state index in [1.807, 2.05) is 0 Å². The van der Waals surface area contributed by atoms with Crippen LogP contribution in [0.1, 0.15) is 5.56 Å². The van der Waals surface area contributed by atoms with E-state index >= 15 is 0 Å². The summed E-state index contributed by atoms with van der Waals surface area (Å²) in [5.74, 6) is -0.178. The van der Waals surface area contributed by atoms with Gasteiger partial charge in [-0.15, -0.1) is 0 Å². The number of halogens is 4. The fraction of sp³-hybridized carbons (Fsp3) is 0.100. The van der Waals surface area contributed by atoms with Crippen LogP contribution >= 0.6 is 11.6 Å². The second-order valence-electron chi connectivity index (χ2n) is 3.27. The van der Waals surface area contributed by atoms with E-state index < -0.39 is 11.7 Å². The highest BCUT2D eigenvalue weighted by Crippen LogP contribution is 2.42. The van der Waals surface area contributed by atoms with Crippen LogP contribution in [0.15, 0.2) is 28.9 Å². The second-order valence-corrected chi connectivity index (χ2v) is 3.68. The molecule has 0 amide bonds. The van der Waals surface area contributed by atoms with Gasteiger partial charge in [-0.05, 0) is 12.1 Å². The first kappa shape index (κ1) is 11.8. The highest BCUT2D eigenvalue weighted by Gasteiger charge is 2.36. The number of nitrogens with zero attached hydrogens (tertiary/aromatic N) is 1. The number of nitrogens with two attached hydrogens (primary N) is 1. The summed E-state index contributed by atoms with van der Waals surface area (Å²) >= 11 is 5.76. The maximum Gasteiger partial charge on any atom is 0.417 e. The highest BCUT2D eigenvalue weighted by atomic mass is 35.5. The van der Waals surface area contributed by atoms with Crippen LogP contribution in [-0.4, -0.2) is 5.16 Å². The van der Waals surface area contributed by atoms with Crippen LogP contribution in [-0.2, 0) is 6.18 Å². The number of hydrogen-bond donors (Lipinski definition) is 1. The molecule has 0 atom stereocenters. The maximum atomic E-state index is 12.8. The van der Waals surface area contributed by atoms with Gasteiger partial charge in [-0.2, -0.15) is 13.2 Å². The molecule has 1 heterocycles. The summed E-state index contributed by atoms with van der Waals surface area (Å²) in [6.45, 7) is 0. The monoisotopic (exact) mass is 262 g/mol. The van der Waals surface area contributed by atoms with E-state index in [2.05, 4.69) is 5.16 Å². The molecule has 2 rings (SSSR count). The van der Waals surface area contributed by atoms with Gasteiger partial charge in [0.15, 0.2) is 5.76 Å². The van der Waals surface area contributed by atoms with Crippen molar-refractivity contribution in [2.75, 3.05) is 5.73 Å². The van der Waals surface area contributed by atoms with Gasteiger partial charge in [-0.3, -0.25) is 0 Å². The zero-order chi connectivity index (χ0) is 12.6. The summed E-state index contributed by atoms with van der Waals surface area (Å²) in [5.41, 5.74) is 4.27. The van der Waals surface area contributed by atoms with Crippen molar-refractivity contribution in [1.82, 2.24) is 5.16 Å². The largest absolute Gasteiger partial charge is 0.417 e. The molecular weight excluding hydrogens is 257 g/mol. The van der Waals surface area contributed by atoms with Gasteiger partial charge in [0.1, 0.15) is 5.69 Å². The minimum atomic E-state index is -4.54. The molecule has 90 valence electrons. The Kier molecular flexibility index (Phi) is 2.74. The van der Waals surface area contributed by atoms with Gasteiger partial charge in [0.25, 0.3) is 0 Å². The van der Waals surface area contributed by atoms with Crippen LogP contribution < -0.4 is 5.73 Å². The van der Waals surface area contributed by atoms with Crippen LogP contribution in [0.5, 0.6) is 0 Å².